The second-order valence-electron chi connectivity index (χ2n) is 8.36. The summed E-state index contributed by atoms with van der Waals surface area (Å²) in [6.07, 6.45) is 4.33. The van der Waals surface area contributed by atoms with Crippen molar-refractivity contribution in [3.63, 3.8) is 0 Å². The van der Waals surface area contributed by atoms with Gasteiger partial charge >= 0.3 is 0 Å². The molecule has 3 nitrogen and oxygen atoms in total. The van der Waals surface area contributed by atoms with Crippen LogP contribution in [0.3, 0.4) is 0 Å². The Bertz CT molecular complexity index is 337. The Labute approximate surface area is 131 Å². The molecular weight excluding hydrogens is 258 g/mol. The van der Waals surface area contributed by atoms with E-state index in [9.17, 15) is 0 Å². The van der Waals surface area contributed by atoms with Crippen LogP contribution in [0.5, 0.6) is 0 Å². The SMILES string of the molecule is CC(C)C1CNC(C2CC2)CN1CC1CCN(C(C)C)C1. The zero-order valence-electron chi connectivity index (χ0n) is 14.5. The highest BCUT2D eigenvalue weighted by atomic mass is 15.3. The van der Waals surface area contributed by atoms with E-state index in [1.807, 2.05) is 0 Å². The fourth-order valence-corrected chi connectivity index (χ4v) is 4.35. The molecule has 3 heteroatoms. The average Bonchev–Trinajstić information content (AvgIpc) is 3.18. The molecule has 3 unspecified atom stereocenters. The van der Waals surface area contributed by atoms with E-state index in [-0.39, 0.29) is 0 Å². The lowest BCUT2D eigenvalue weighted by atomic mass is 9.95. The van der Waals surface area contributed by atoms with Crippen molar-refractivity contribution in [3.05, 3.63) is 0 Å². The molecule has 0 bridgehead atoms. The average molecular weight is 293 g/mol. The first-order valence-corrected chi connectivity index (χ1v) is 9.26. The van der Waals surface area contributed by atoms with Crippen LogP contribution in [0.25, 0.3) is 0 Å². The Morgan fingerprint density at radius 1 is 1.05 bits per heavy atom. The van der Waals surface area contributed by atoms with Crippen LogP contribution in [0, 0.1) is 17.8 Å². The first-order chi connectivity index (χ1) is 10.0. The molecule has 0 spiro atoms. The van der Waals surface area contributed by atoms with E-state index in [0.717, 1.165) is 35.9 Å². The summed E-state index contributed by atoms with van der Waals surface area (Å²) in [6, 6.07) is 2.24. The highest BCUT2D eigenvalue weighted by molar-refractivity contribution is 4.96. The maximum atomic E-state index is 3.84. The normalized spacial score (nSPS) is 36.0. The van der Waals surface area contributed by atoms with E-state index in [1.165, 1.54) is 52.0 Å². The molecule has 0 aromatic carbocycles. The van der Waals surface area contributed by atoms with Crippen molar-refractivity contribution in [1.29, 1.82) is 0 Å². The molecule has 1 N–H and O–H groups in total. The molecule has 3 fully saturated rings. The number of nitrogens with zero attached hydrogens (tertiary/aromatic N) is 2. The lowest BCUT2D eigenvalue weighted by Gasteiger charge is -2.43. The van der Waals surface area contributed by atoms with Gasteiger partial charge in [0.15, 0.2) is 0 Å². The molecule has 122 valence electrons. The summed E-state index contributed by atoms with van der Waals surface area (Å²) in [5, 5.41) is 3.84. The predicted molar refractivity (Wildman–Crippen MR) is 89.5 cm³/mol. The maximum absolute atomic E-state index is 3.84. The van der Waals surface area contributed by atoms with Crippen LogP contribution in [0.1, 0.15) is 47.0 Å². The van der Waals surface area contributed by atoms with Crippen molar-refractivity contribution < 1.29 is 0 Å². The summed E-state index contributed by atoms with van der Waals surface area (Å²) < 4.78 is 0. The van der Waals surface area contributed by atoms with Crippen LogP contribution >= 0.6 is 0 Å². The van der Waals surface area contributed by atoms with Gasteiger partial charge < -0.3 is 10.2 Å². The van der Waals surface area contributed by atoms with Gasteiger partial charge in [-0.25, -0.2) is 0 Å². The largest absolute Gasteiger partial charge is 0.311 e. The number of likely N-dealkylation sites (tertiary alicyclic amines) is 1. The molecule has 1 saturated carbocycles. The third-order valence-electron chi connectivity index (χ3n) is 5.99. The highest BCUT2D eigenvalue weighted by Gasteiger charge is 2.39. The Hall–Kier alpha value is -0.120. The molecule has 2 saturated heterocycles. The van der Waals surface area contributed by atoms with Gasteiger partial charge in [0, 0.05) is 44.3 Å². The third-order valence-corrected chi connectivity index (χ3v) is 5.99. The fraction of sp³-hybridized carbons (Fsp3) is 1.00. The zero-order chi connectivity index (χ0) is 15.0. The van der Waals surface area contributed by atoms with Crippen molar-refractivity contribution in [3.8, 4) is 0 Å². The van der Waals surface area contributed by atoms with Gasteiger partial charge in [-0.05, 0) is 57.4 Å². The van der Waals surface area contributed by atoms with Crippen LogP contribution in [0.4, 0.5) is 0 Å². The van der Waals surface area contributed by atoms with E-state index in [4.69, 9.17) is 0 Å². The van der Waals surface area contributed by atoms with E-state index < -0.39 is 0 Å². The number of nitrogens with one attached hydrogen (secondary N) is 1. The molecule has 0 radical (unpaired) electrons. The summed E-state index contributed by atoms with van der Waals surface area (Å²) in [5.41, 5.74) is 0. The minimum Gasteiger partial charge on any atom is -0.311 e. The van der Waals surface area contributed by atoms with E-state index >= 15 is 0 Å². The van der Waals surface area contributed by atoms with Gasteiger partial charge in [0.25, 0.3) is 0 Å². The molecule has 3 rings (SSSR count). The van der Waals surface area contributed by atoms with Crippen molar-refractivity contribution in [2.75, 3.05) is 32.7 Å². The van der Waals surface area contributed by atoms with Gasteiger partial charge in [-0.15, -0.1) is 0 Å². The lowest BCUT2D eigenvalue weighted by molar-refractivity contribution is 0.0762. The van der Waals surface area contributed by atoms with E-state index in [2.05, 4.69) is 42.8 Å². The molecule has 3 aliphatic rings. The standard InChI is InChI=1S/C18H35N3/c1-13(2)18-9-19-17(16-5-6-16)12-21(18)11-15-7-8-20(10-15)14(3)4/h13-19H,5-12H2,1-4H3. The van der Waals surface area contributed by atoms with Crippen molar-refractivity contribution in [2.24, 2.45) is 17.8 Å². The molecule has 0 amide bonds. The van der Waals surface area contributed by atoms with Crippen LogP contribution < -0.4 is 5.32 Å². The van der Waals surface area contributed by atoms with Crippen LogP contribution in [0.15, 0.2) is 0 Å². The number of hydrogen-bond acceptors (Lipinski definition) is 3. The third kappa shape index (κ3) is 3.80. The summed E-state index contributed by atoms with van der Waals surface area (Å²) in [4.78, 5) is 5.51. The molecule has 0 aromatic heterocycles. The van der Waals surface area contributed by atoms with Gasteiger partial charge in [-0.3, -0.25) is 4.90 Å². The monoisotopic (exact) mass is 293 g/mol. The summed E-state index contributed by atoms with van der Waals surface area (Å²) in [6.45, 7) is 15.9. The van der Waals surface area contributed by atoms with E-state index in [0.29, 0.717) is 0 Å². The predicted octanol–water partition coefficient (Wildman–Crippen LogP) is 2.43. The molecule has 21 heavy (non-hydrogen) atoms. The second kappa shape index (κ2) is 6.55. The Balaban J connectivity index is 1.57. The van der Waals surface area contributed by atoms with Crippen molar-refractivity contribution in [2.45, 2.75) is 65.1 Å². The first-order valence-electron chi connectivity index (χ1n) is 9.26. The first kappa shape index (κ1) is 15.8. The number of hydrogen-bond donors (Lipinski definition) is 1. The topological polar surface area (TPSA) is 18.5 Å². The molecule has 3 atom stereocenters. The van der Waals surface area contributed by atoms with Gasteiger partial charge in [0.2, 0.25) is 0 Å². The zero-order valence-corrected chi connectivity index (χ0v) is 14.5. The van der Waals surface area contributed by atoms with Crippen LogP contribution in [-0.2, 0) is 0 Å². The lowest BCUT2D eigenvalue weighted by Crippen LogP contribution is -2.59. The molecule has 0 aromatic rings. The van der Waals surface area contributed by atoms with Crippen LogP contribution in [0.2, 0.25) is 0 Å². The second-order valence-corrected chi connectivity index (χ2v) is 8.36. The highest BCUT2D eigenvalue weighted by Crippen LogP contribution is 2.35. The van der Waals surface area contributed by atoms with Crippen molar-refractivity contribution >= 4 is 0 Å². The Morgan fingerprint density at radius 2 is 1.81 bits per heavy atom. The fourth-order valence-electron chi connectivity index (χ4n) is 4.35. The van der Waals surface area contributed by atoms with Gasteiger partial charge in [-0.1, -0.05) is 13.8 Å². The Kier molecular flexibility index (Phi) is 4.92. The Morgan fingerprint density at radius 3 is 2.38 bits per heavy atom. The summed E-state index contributed by atoms with van der Waals surface area (Å²) >= 11 is 0. The van der Waals surface area contributed by atoms with Gasteiger partial charge in [0.05, 0.1) is 0 Å². The smallest absolute Gasteiger partial charge is 0.0244 e. The van der Waals surface area contributed by atoms with E-state index in [1.54, 1.807) is 0 Å². The maximum Gasteiger partial charge on any atom is 0.0244 e. The van der Waals surface area contributed by atoms with Crippen molar-refractivity contribution in [1.82, 2.24) is 15.1 Å². The van der Waals surface area contributed by atoms with Gasteiger partial charge in [-0.2, -0.15) is 0 Å². The molecule has 2 heterocycles. The number of rotatable bonds is 5. The quantitative estimate of drug-likeness (QED) is 0.840. The molecule has 2 aliphatic heterocycles. The molecular formula is C18H35N3. The molecule has 1 aliphatic carbocycles. The van der Waals surface area contributed by atoms with Gasteiger partial charge in [0.1, 0.15) is 0 Å². The minimum atomic E-state index is 0.720. The van der Waals surface area contributed by atoms with Crippen LogP contribution in [-0.4, -0.2) is 60.6 Å². The summed E-state index contributed by atoms with van der Waals surface area (Å²) in [7, 11) is 0. The number of piperazine rings is 1. The summed E-state index contributed by atoms with van der Waals surface area (Å²) in [5.74, 6) is 2.64. The minimum absolute atomic E-state index is 0.720.